The second-order valence-corrected chi connectivity index (χ2v) is 8.90. The molecule has 0 aromatic heterocycles. The number of likely N-dealkylation sites (N-methyl/N-ethyl adjacent to an activating group) is 1. The first-order valence-corrected chi connectivity index (χ1v) is 11.7. The van der Waals surface area contributed by atoms with Crippen molar-refractivity contribution in [3.8, 4) is 5.75 Å². The van der Waals surface area contributed by atoms with Crippen molar-refractivity contribution < 1.29 is 27.5 Å². The molecule has 0 saturated carbocycles. The molecule has 0 bridgehead atoms. The number of amides is 3. The van der Waals surface area contributed by atoms with E-state index in [0.29, 0.717) is 17.1 Å². The molecule has 1 atom stereocenters. The molecule has 2 rings (SSSR count). The molecule has 10 nitrogen and oxygen atoms in total. The summed E-state index contributed by atoms with van der Waals surface area (Å²) < 4.78 is 32.8. The normalized spacial score (nSPS) is 11.9. The number of rotatable bonds is 10. The summed E-state index contributed by atoms with van der Waals surface area (Å²) in [5.41, 5.74) is 0.962. The average Bonchev–Trinajstić information content (AvgIpc) is 2.76. The lowest BCUT2D eigenvalue weighted by Crippen LogP contribution is -2.48. The van der Waals surface area contributed by atoms with Crippen molar-refractivity contribution in [3.05, 3.63) is 48.5 Å². The van der Waals surface area contributed by atoms with Crippen LogP contribution < -0.4 is 20.1 Å². The van der Waals surface area contributed by atoms with E-state index in [1.165, 1.54) is 50.1 Å². The highest BCUT2D eigenvalue weighted by Crippen LogP contribution is 2.17. The number of nitrogens with zero attached hydrogens (tertiary/aromatic N) is 1. The number of ether oxygens (including phenoxy) is 1. The number of nitrogens with one attached hydrogen (secondary N) is 3. The Morgan fingerprint density at radius 1 is 1.03 bits per heavy atom. The van der Waals surface area contributed by atoms with Crippen LogP contribution in [0.5, 0.6) is 5.75 Å². The van der Waals surface area contributed by atoms with Crippen LogP contribution in [-0.4, -0.2) is 57.3 Å². The van der Waals surface area contributed by atoms with Gasteiger partial charge in [0, 0.05) is 30.9 Å². The summed E-state index contributed by atoms with van der Waals surface area (Å²) >= 11 is 0. The maximum Gasteiger partial charge on any atom is 0.243 e. The fourth-order valence-corrected chi connectivity index (χ4v) is 4.16. The van der Waals surface area contributed by atoms with Gasteiger partial charge in [-0.3, -0.25) is 14.4 Å². The average molecular weight is 477 g/mol. The highest BCUT2D eigenvalue weighted by Gasteiger charge is 2.26. The number of hydrogen-bond donors (Lipinski definition) is 3. The standard InChI is InChI=1S/C22H28N4O6S/c1-5-26(14-21(28)24-18-7-6-8-19(13-18)32-4)22(29)15(2)25-33(30,31)20-11-9-17(10-12-20)23-16(3)27/h6-13,15,25H,5,14H2,1-4H3,(H,23,27)(H,24,28)/t15-/m0/s1. The van der Waals surface area contributed by atoms with Crippen LogP contribution in [0.1, 0.15) is 20.8 Å². The third-order valence-corrected chi connectivity index (χ3v) is 6.13. The second kappa shape index (κ2) is 11.4. The maximum absolute atomic E-state index is 12.8. The fraction of sp³-hybridized carbons (Fsp3) is 0.318. The Balaban J connectivity index is 2.01. The lowest BCUT2D eigenvalue weighted by molar-refractivity contribution is -0.135. The molecule has 0 aliphatic rings. The number of methoxy groups -OCH3 is 1. The van der Waals surface area contributed by atoms with E-state index >= 15 is 0 Å². The molecule has 2 aromatic carbocycles. The first kappa shape index (κ1) is 25.8. The minimum atomic E-state index is -4.00. The first-order valence-electron chi connectivity index (χ1n) is 10.2. The molecule has 0 radical (unpaired) electrons. The first-order chi connectivity index (χ1) is 15.6. The monoisotopic (exact) mass is 476 g/mol. The quantitative estimate of drug-likeness (QED) is 0.479. The molecule has 11 heteroatoms. The van der Waals surface area contributed by atoms with Gasteiger partial charge in [0.2, 0.25) is 27.7 Å². The largest absolute Gasteiger partial charge is 0.497 e. The van der Waals surface area contributed by atoms with Gasteiger partial charge in [0.1, 0.15) is 5.75 Å². The van der Waals surface area contributed by atoms with E-state index in [9.17, 15) is 22.8 Å². The zero-order valence-electron chi connectivity index (χ0n) is 18.9. The van der Waals surface area contributed by atoms with Crippen molar-refractivity contribution in [2.45, 2.75) is 31.7 Å². The molecule has 3 amide bonds. The van der Waals surface area contributed by atoms with Crippen LogP contribution in [-0.2, 0) is 24.4 Å². The van der Waals surface area contributed by atoms with Crippen molar-refractivity contribution in [1.29, 1.82) is 0 Å². The summed E-state index contributed by atoms with van der Waals surface area (Å²) in [6.45, 7) is 4.41. The predicted molar refractivity (Wildman–Crippen MR) is 124 cm³/mol. The molecular weight excluding hydrogens is 448 g/mol. The Labute approximate surface area is 193 Å². The SMILES string of the molecule is CCN(CC(=O)Nc1cccc(OC)c1)C(=O)[C@H](C)NS(=O)(=O)c1ccc(NC(C)=O)cc1. The molecule has 0 aliphatic heterocycles. The number of carbonyl (C=O) groups excluding carboxylic acids is 3. The Morgan fingerprint density at radius 3 is 2.27 bits per heavy atom. The van der Waals surface area contributed by atoms with E-state index in [1.807, 2.05) is 0 Å². The molecule has 3 N–H and O–H groups in total. The predicted octanol–water partition coefficient (Wildman–Crippen LogP) is 1.81. The topological polar surface area (TPSA) is 134 Å². The van der Waals surface area contributed by atoms with Crippen LogP contribution >= 0.6 is 0 Å². The third-order valence-electron chi connectivity index (χ3n) is 4.57. The van der Waals surface area contributed by atoms with Crippen LogP contribution in [0.25, 0.3) is 0 Å². The van der Waals surface area contributed by atoms with E-state index < -0.39 is 27.9 Å². The van der Waals surface area contributed by atoms with E-state index in [0.717, 1.165) is 0 Å². The van der Waals surface area contributed by atoms with Gasteiger partial charge < -0.3 is 20.3 Å². The van der Waals surface area contributed by atoms with Gasteiger partial charge >= 0.3 is 0 Å². The van der Waals surface area contributed by atoms with Crippen LogP contribution in [0, 0.1) is 0 Å². The van der Waals surface area contributed by atoms with Gasteiger partial charge in [-0.25, -0.2) is 8.42 Å². The third kappa shape index (κ3) is 7.58. The van der Waals surface area contributed by atoms with Crippen molar-refractivity contribution >= 4 is 39.1 Å². The summed E-state index contributed by atoms with van der Waals surface area (Å²) in [7, 11) is -2.49. The minimum Gasteiger partial charge on any atom is -0.497 e. The van der Waals surface area contributed by atoms with E-state index in [2.05, 4.69) is 15.4 Å². The van der Waals surface area contributed by atoms with Crippen LogP contribution in [0.3, 0.4) is 0 Å². The molecule has 2 aromatic rings. The number of sulfonamides is 1. The van der Waals surface area contributed by atoms with Crippen LogP contribution in [0.2, 0.25) is 0 Å². The van der Waals surface area contributed by atoms with Gasteiger partial charge in [-0.2, -0.15) is 4.72 Å². The molecule has 178 valence electrons. The molecule has 0 fully saturated rings. The number of anilines is 2. The van der Waals surface area contributed by atoms with Crippen molar-refractivity contribution in [2.75, 3.05) is 30.8 Å². The van der Waals surface area contributed by atoms with Gasteiger partial charge in [0.25, 0.3) is 0 Å². The summed E-state index contributed by atoms with van der Waals surface area (Å²) in [5.74, 6) is -0.679. The maximum atomic E-state index is 12.8. The lowest BCUT2D eigenvalue weighted by Gasteiger charge is -2.24. The molecule has 0 aliphatic carbocycles. The smallest absolute Gasteiger partial charge is 0.243 e. The number of hydrogen-bond acceptors (Lipinski definition) is 6. The highest BCUT2D eigenvalue weighted by molar-refractivity contribution is 7.89. The summed E-state index contributed by atoms with van der Waals surface area (Å²) in [6, 6.07) is 11.2. The van der Waals surface area contributed by atoms with Crippen molar-refractivity contribution in [3.63, 3.8) is 0 Å². The van der Waals surface area contributed by atoms with Crippen LogP contribution in [0.15, 0.2) is 53.4 Å². The van der Waals surface area contributed by atoms with E-state index in [4.69, 9.17) is 4.74 Å². The van der Waals surface area contributed by atoms with Gasteiger partial charge in [-0.1, -0.05) is 6.07 Å². The Hall–Kier alpha value is -3.44. The second-order valence-electron chi connectivity index (χ2n) is 7.18. The van der Waals surface area contributed by atoms with Crippen LogP contribution in [0.4, 0.5) is 11.4 Å². The molecule has 33 heavy (non-hydrogen) atoms. The Morgan fingerprint density at radius 2 is 1.70 bits per heavy atom. The minimum absolute atomic E-state index is 0.0601. The zero-order valence-corrected chi connectivity index (χ0v) is 19.7. The highest BCUT2D eigenvalue weighted by atomic mass is 32.2. The number of carbonyl (C=O) groups is 3. The van der Waals surface area contributed by atoms with E-state index in [-0.39, 0.29) is 23.9 Å². The molecule has 0 heterocycles. The lowest BCUT2D eigenvalue weighted by atomic mass is 10.2. The summed E-state index contributed by atoms with van der Waals surface area (Å²) in [4.78, 5) is 37.5. The van der Waals surface area contributed by atoms with Crippen molar-refractivity contribution in [1.82, 2.24) is 9.62 Å². The van der Waals surface area contributed by atoms with Gasteiger partial charge in [-0.05, 0) is 50.2 Å². The van der Waals surface area contributed by atoms with E-state index in [1.54, 1.807) is 31.2 Å². The Bertz CT molecular complexity index is 1100. The Kier molecular flexibility index (Phi) is 8.94. The zero-order chi connectivity index (χ0) is 24.6. The van der Waals surface area contributed by atoms with Gasteiger partial charge in [-0.15, -0.1) is 0 Å². The molecule has 0 saturated heterocycles. The summed E-state index contributed by atoms with van der Waals surface area (Å²) in [6.07, 6.45) is 0. The van der Waals surface area contributed by atoms with Crippen molar-refractivity contribution in [2.24, 2.45) is 0 Å². The van der Waals surface area contributed by atoms with Gasteiger partial charge in [0.15, 0.2) is 0 Å². The fourth-order valence-electron chi connectivity index (χ4n) is 2.97. The summed E-state index contributed by atoms with van der Waals surface area (Å²) in [5, 5.41) is 5.23. The van der Waals surface area contributed by atoms with Gasteiger partial charge in [0.05, 0.1) is 24.6 Å². The number of benzene rings is 2. The molecular formula is C22H28N4O6S. The molecule has 0 spiro atoms. The molecule has 0 unspecified atom stereocenters.